The predicted molar refractivity (Wildman–Crippen MR) is 101 cm³/mol. The second kappa shape index (κ2) is 5.22. The van der Waals surface area contributed by atoms with Crippen LogP contribution < -0.4 is 0 Å². The first-order valence-electron chi connectivity index (χ1n) is 8.57. The third-order valence-corrected chi connectivity index (χ3v) is 5.66. The molecule has 1 aromatic heterocycles. The highest BCUT2D eigenvalue weighted by Gasteiger charge is 2.45. The number of rotatable bonds is 1. The molecular weight excluding hydrogens is 311 g/mol. The largest absolute Gasteiger partial charge is 0.275 e. The average molecular weight is 332 g/mol. The van der Waals surface area contributed by atoms with Crippen molar-refractivity contribution in [2.75, 3.05) is 0 Å². The van der Waals surface area contributed by atoms with E-state index in [2.05, 4.69) is 27.7 Å². The maximum atomic E-state index is 14.8. The molecule has 1 aliphatic heterocycles. The Morgan fingerprint density at radius 2 is 1.60 bits per heavy atom. The molecule has 0 bridgehead atoms. The number of nitrogens with zero attached hydrogens (tertiary/aromatic N) is 2. The summed E-state index contributed by atoms with van der Waals surface area (Å²) in [6.45, 7) is 8.24. The summed E-state index contributed by atoms with van der Waals surface area (Å²) >= 11 is 0. The lowest BCUT2D eigenvalue weighted by Gasteiger charge is -2.44. The number of benzene rings is 2. The monoisotopic (exact) mass is 332 g/mol. The molecule has 126 valence electrons. The van der Waals surface area contributed by atoms with Crippen molar-refractivity contribution in [3.8, 4) is 0 Å². The maximum Gasteiger partial charge on any atom is 0.127 e. The third kappa shape index (κ3) is 2.30. The van der Waals surface area contributed by atoms with Crippen LogP contribution in [0.25, 0.3) is 10.9 Å². The molecule has 2 heterocycles. The zero-order valence-electron chi connectivity index (χ0n) is 15.0. The van der Waals surface area contributed by atoms with Gasteiger partial charge in [-0.15, -0.1) is 0 Å². The van der Waals surface area contributed by atoms with Crippen LogP contribution >= 0.6 is 0 Å². The quantitative estimate of drug-likeness (QED) is 0.595. The highest BCUT2D eigenvalue weighted by atomic mass is 19.1. The second-order valence-electron chi connectivity index (χ2n) is 7.70. The van der Waals surface area contributed by atoms with E-state index >= 15 is 0 Å². The van der Waals surface area contributed by atoms with Gasteiger partial charge in [0.15, 0.2) is 0 Å². The van der Waals surface area contributed by atoms with Crippen LogP contribution in [-0.4, -0.2) is 16.2 Å². The SMILES string of the molecule is CC1(C)N=C(c2ccc3ccccc3n2)c2cccc(F)c2C1(C)C. The standard InChI is InChI=1S/C22H21FN2/c1-21(2)19-15(9-7-10-16(19)23)20(25-22(21,3)4)18-13-12-14-8-5-6-11-17(14)24-18/h5-13H,1-4H3. The first-order valence-corrected chi connectivity index (χ1v) is 8.57. The number of aliphatic imine (C=N–C) groups is 1. The zero-order valence-corrected chi connectivity index (χ0v) is 15.0. The van der Waals surface area contributed by atoms with E-state index in [1.54, 1.807) is 6.07 Å². The molecule has 0 fully saturated rings. The molecule has 2 aromatic carbocycles. The van der Waals surface area contributed by atoms with E-state index in [4.69, 9.17) is 9.98 Å². The third-order valence-electron chi connectivity index (χ3n) is 5.66. The number of halogens is 1. The van der Waals surface area contributed by atoms with Crippen LogP contribution in [0.3, 0.4) is 0 Å². The van der Waals surface area contributed by atoms with Gasteiger partial charge in [-0.3, -0.25) is 4.99 Å². The van der Waals surface area contributed by atoms with E-state index in [9.17, 15) is 4.39 Å². The van der Waals surface area contributed by atoms with Crippen LogP contribution in [-0.2, 0) is 5.41 Å². The fraction of sp³-hybridized carbons (Fsp3) is 0.273. The van der Waals surface area contributed by atoms with Gasteiger partial charge in [0.1, 0.15) is 5.82 Å². The van der Waals surface area contributed by atoms with Gasteiger partial charge in [0, 0.05) is 21.9 Å². The number of aromatic nitrogens is 1. The van der Waals surface area contributed by atoms with Crippen molar-refractivity contribution in [1.29, 1.82) is 0 Å². The van der Waals surface area contributed by atoms with Crippen molar-refractivity contribution in [1.82, 2.24) is 4.98 Å². The molecule has 0 amide bonds. The Kier molecular flexibility index (Phi) is 3.33. The van der Waals surface area contributed by atoms with Crippen molar-refractivity contribution in [2.24, 2.45) is 4.99 Å². The zero-order chi connectivity index (χ0) is 17.8. The Labute approximate surface area is 147 Å². The Morgan fingerprint density at radius 3 is 2.40 bits per heavy atom. The minimum Gasteiger partial charge on any atom is -0.275 e. The van der Waals surface area contributed by atoms with Gasteiger partial charge in [-0.2, -0.15) is 0 Å². The van der Waals surface area contributed by atoms with Crippen LogP contribution in [0.2, 0.25) is 0 Å². The fourth-order valence-corrected chi connectivity index (χ4v) is 3.54. The van der Waals surface area contributed by atoms with Gasteiger partial charge >= 0.3 is 0 Å². The summed E-state index contributed by atoms with van der Waals surface area (Å²) in [6.07, 6.45) is 0. The van der Waals surface area contributed by atoms with E-state index in [1.165, 1.54) is 6.07 Å². The smallest absolute Gasteiger partial charge is 0.127 e. The molecule has 4 rings (SSSR count). The van der Waals surface area contributed by atoms with Crippen LogP contribution in [0, 0.1) is 5.82 Å². The minimum absolute atomic E-state index is 0.177. The Balaban J connectivity index is 2.00. The van der Waals surface area contributed by atoms with Crippen LogP contribution in [0.15, 0.2) is 59.6 Å². The van der Waals surface area contributed by atoms with Gasteiger partial charge in [-0.05, 0) is 32.0 Å². The number of para-hydroxylation sites is 1. The topological polar surface area (TPSA) is 25.2 Å². The van der Waals surface area contributed by atoms with Gasteiger partial charge < -0.3 is 0 Å². The molecule has 0 atom stereocenters. The Bertz CT molecular complexity index is 1020. The molecule has 0 unspecified atom stereocenters. The molecule has 0 saturated carbocycles. The summed E-state index contributed by atoms with van der Waals surface area (Å²) in [5.41, 5.74) is 3.19. The van der Waals surface area contributed by atoms with E-state index in [1.807, 2.05) is 42.5 Å². The number of hydrogen-bond acceptors (Lipinski definition) is 2. The molecule has 0 aliphatic carbocycles. The summed E-state index contributed by atoms with van der Waals surface area (Å²) < 4.78 is 14.8. The van der Waals surface area contributed by atoms with Crippen molar-refractivity contribution >= 4 is 16.6 Å². The highest BCUT2D eigenvalue weighted by molar-refractivity contribution is 6.14. The van der Waals surface area contributed by atoms with Gasteiger partial charge in [0.05, 0.1) is 22.5 Å². The predicted octanol–water partition coefficient (Wildman–Crippen LogP) is 5.28. The fourth-order valence-electron chi connectivity index (χ4n) is 3.54. The molecular formula is C22H21FN2. The molecule has 0 spiro atoms. The summed E-state index contributed by atoms with van der Waals surface area (Å²) in [4.78, 5) is 9.80. The van der Waals surface area contributed by atoms with E-state index in [0.29, 0.717) is 0 Å². The number of fused-ring (bicyclic) bond motifs is 2. The number of hydrogen-bond donors (Lipinski definition) is 0. The number of pyridine rings is 1. The summed E-state index contributed by atoms with van der Waals surface area (Å²) in [7, 11) is 0. The van der Waals surface area contributed by atoms with E-state index < -0.39 is 11.0 Å². The minimum atomic E-state index is -0.440. The summed E-state index contributed by atoms with van der Waals surface area (Å²) in [5.74, 6) is -0.177. The van der Waals surface area contributed by atoms with E-state index in [-0.39, 0.29) is 5.82 Å². The second-order valence-corrected chi connectivity index (χ2v) is 7.70. The molecule has 0 N–H and O–H groups in total. The van der Waals surface area contributed by atoms with Crippen molar-refractivity contribution in [2.45, 2.75) is 38.6 Å². The normalized spacial score (nSPS) is 17.9. The lowest BCUT2D eigenvalue weighted by molar-refractivity contribution is 0.293. The lowest BCUT2D eigenvalue weighted by Crippen LogP contribution is -2.46. The van der Waals surface area contributed by atoms with Gasteiger partial charge in [0.2, 0.25) is 0 Å². The molecule has 0 saturated heterocycles. The summed E-state index contributed by atoms with van der Waals surface area (Å²) in [5, 5.41) is 1.08. The van der Waals surface area contributed by atoms with Crippen molar-refractivity contribution < 1.29 is 4.39 Å². The van der Waals surface area contributed by atoms with Crippen molar-refractivity contribution in [3.05, 3.63) is 77.2 Å². The summed E-state index contributed by atoms with van der Waals surface area (Å²) in [6, 6.07) is 17.3. The molecule has 3 heteroatoms. The van der Waals surface area contributed by atoms with Crippen LogP contribution in [0.5, 0.6) is 0 Å². The Hall–Kier alpha value is -2.55. The van der Waals surface area contributed by atoms with Gasteiger partial charge in [-0.1, -0.05) is 50.2 Å². The molecule has 25 heavy (non-hydrogen) atoms. The van der Waals surface area contributed by atoms with Gasteiger partial charge in [-0.25, -0.2) is 9.37 Å². The van der Waals surface area contributed by atoms with Crippen LogP contribution in [0.1, 0.15) is 44.5 Å². The Morgan fingerprint density at radius 1 is 0.840 bits per heavy atom. The first-order chi connectivity index (χ1) is 11.8. The lowest BCUT2D eigenvalue weighted by atomic mass is 9.65. The van der Waals surface area contributed by atoms with Crippen molar-refractivity contribution in [3.63, 3.8) is 0 Å². The van der Waals surface area contributed by atoms with E-state index in [0.717, 1.165) is 33.4 Å². The van der Waals surface area contributed by atoms with Crippen LogP contribution in [0.4, 0.5) is 4.39 Å². The highest BCUT2D eigenvalue weighted by Crippen LogP contribution is 2.44. The first kappa shape index (κ1) is 15.9. The average Bonchev–Trinajstić information content (AvgIpc) is 2.58. The molecule has 1 aliphatic rings. The molecule has 2 nitrogen and oxygen atoms in total. The van der Waals surface area contributed by atoms with Gasteiger partial charge in [0.25, 0.3) is 0 Å². The maximum absolute atomic E-state index is 14.8. The molecule has 0 radical (unpaired) electrons. The molecule has 3 aromatic rings.